The zero-order valence-corrected chi connectivity index (χ0v) is 10.9. The van der Waals surface area contributed by atoms with Crippen LogP contribution in [-0.2, 0) is 0 Å². The number of hydrogen-bond donors (Lipinski definition) is 2. The zero-order valence-electron chi connectivity index (χ0n) is 10.9. The number of nitrogens with one attached hydrogen (secondary N) is 2. The van der Waals surface area contributed by atoms with Gasteiger partial charge in [-0.15, -0.1) is 0 Å². The molecular weight excluding hydrogens is 222 g/mol. The van der Waals surface area contributed by atoms with E-state index in [0.29, 0.717) is 6.04 Å². The second-order valence-corrected chi connectivity index (χ2v) is 5.30. The van der Waals surface area contributed by atoms with E-state index in [1.54, 1.807) is 0 Å². The molecule has 0 spiro atoms. The van der Waals surface area contributed by atoms with Crippen LogP contribution >= 0.6 is 0 Å². The van der Waals surface area contributed by atoms with E-state index in [4.69, 9.17) is 0 Å². The van der Waals surface area contributed by atoms with E-state index in [-0.39, 0.29) is 0 Å². The van der Waals surface area contributed by atoms with E-state index < -0.39 is 0 Å². The third-order valence-corrected chi connectivity index (χ3v) is 4.23. The maximum Gasteiger partial charge on any atom is 0.139 e. The van der Waals surface area contributed by atoms with Crippen LogP contribution in [0.1, 0.15) is 39.0 Å². The molecule has 1 fully saturated rings. The first-order chi connectivity index (χ1) is 8.88. The molecule has 2 aromatic heterocycles. The normalized spacial score (nSPS) is 24.3. The number of anilines is 1. The average molecular weight is 243 g/mol. The molecule has 1 aliphatic carbocycles. The Morgan fingerprint density at radius 2 is 2.22 bits per heavy atom. The summed E-state index contributed by atoms with van der Waals surface area (Å²) in [5.41, 5.74) is 2.20. The highest BCUT2D eigenvalue weighted by Crippen LogP contribution is 2.31. The Balaban J connectivity index is 1.84. The van der Waals surface area contributed by atoms with Crippen LogP contribution in [0.3, 0.4) is 0 Å². The van der Waals surface area contributed by atoms with E-state index in [0.717, 1.165) is 11.6 Å². The van der Waals surface area contributed by atoms with Crippen molar-refractivity contribution < 1.29 is 0 Å². The smallest absolute Gasteiger partial charge is 0.139 e. The summed E-state index contributed by atoms with van der Waals surface area (Å²) in [4.78, 5) is 7.51. The fraction of sp³-hybridized carbons (Fsp3) is 0.533. The topological polar surface area (TPSA) is 40.7 Å². The molecule has 1 aliphatic rings. The summed E-state index contributed by atoms with van der Waals surface area (Å²) in [6.07, 6.45) is 10.5. The summed E-state index contributed by atoms with van der Waals surface area (Å²) in [5.74, 6) is 0.820. The molecule has 96 valence electrons. The number of aromatic amines is 1. The SMILES string of the molecule is CC[C@@H]1CCCC[C@@H]1Nc1ccnc2[nH]ccc12. The first kappa shape index (κ1) is 11.6. The molecule has 0 saturated heterocycles. The van der Waals surface area contributed by atoms with Crippen molar-refractivity contribution in [2.75, 3.05) is 5.32 Å². The number of rotatable bonds is 3. The minimum atomic E-state index is 0.629. The molecule has 0 aliphatic heterocycles. The van der Waals surface area contributed by atoms with E-state index in [1.165, 1.54) is 43.2 Å². The number of aromatic nitrogens is 2. The standard InChI is InChI=1S/C15H21N3/c1-2-11-5-3-4-6-13(11)18-14-8-10-17-15-12(14)7-9-16-15/h7-11,13H,2-6H2,1H3,(H2,16,17,18)/t11-,13+/m1/s1. The number of H-pyrrole nitrogens is 1. The quantitative estimate of drug-likeness (QED) is 0.857. The van der Waals surface area contributed by atoms with Crippen molar-refractivity contribution in [2.45, 2.75) is 45.1 Å². The Morgan fingerprint density at radius 1 is 1.33 bits per heavy atom. The highest BCUT2D eigenvalue weighted by molar-refractivity contribution is 5.89. The molecule has 3 rings (SSSR count). The molecule has 2 aromatic rings. The van der Waals surface area contributed by atoms with Gasteiger partial charge in [-0.2, -0.15) is 0 Å². The van der Waals surface area contributed by atoms with Crippen molar-refractivity contribution in [3.63, 3.8) is 0 Å². The monoisotopic (exact) mass is 243 g/mol. The Kier molecular flexibility index (Phi) is 3.22. The van der Waals surface area contributed by atoms with Crippen LogP contribution in [0.15, 0.2) is 24.5 Å². The van der Waals surface area contributed by atoms with Gasteiger partial charge < -0.3 is 10.3 Å². The molecule has 3 heteroatoms. The molecule has 2 heterocycles. The van der Waals surface area contributed by atoms with Gasteiger partial charge >= 0.3 is 0 Å². The van der Waals surface area contributed by atoms with E-state index in [9.17, 15) is 0 Å². The van der Waals surface area contributed by atoms with Gasteiger partial charge in [-0.05, 0) is 30.9 Å². The van der Waals surface area contributed by atoms with Gasteiger partial charge in [0.1, 0.15) is 5.65 Å². The summed E-state index contributed by atoms with van der Waals surface area (Å²) in [6.45, 7) is 2.31. The van der Waals surface area contributed by atoms with Crippen LogP contribution in [-0.4, -0.2) is 16.0 Å². The average Bonchev–Trinajstić information content (AvgIpc) is 2.89. The van der Waals surface area contributed by atoms with Gasteiger partial charge in [0.15, 0.2) is 0 Å². The zero-order chi connectivity index (χ0) is 12.4. The van der Waals surface area contributed by atoms with Gasteiger partial charge in [0.2, 0.25) is 0 Å². The molecule has 18 heavy (non-hydrogen) atoms. The fourth-order valence-electron chi connectivity index (χ4n) is 3.17. The van der Waals surface area contributed by atoms with Crippen LogP contribution in [0.5, 0.6) is 0 Å². The van der Waals surface area contributed by atoms with Crippen molar-refractivity contribution in [1.29, 1.82) is 0 Å². The van der Waals surface area contributed by atoms with Gasteiger partial charge in [-0.25, -0.2) is 4.98 Å². The van der Waals surface area contributed by atoms with E-state index in [1.807, 2.05) is 12.4 Å². The fourth-order valence-corrected chi connectivity index (χ4v) is 3.17. The van der Waals surface area contributed by atoms with Crippen molar-refractivity contribution in [1.82, 2.24) is 9.97 Å². The first-order valence-electron chi connectivity index (χ1n) is 7.07. The lowest BCUT2D eigenvalue weighted by molar-refractivity contribution is 0.317. The third-order valence-electron chi connectivity index (χ3n) is 4.23. The summed E-state index contributed by atoms with van der Waals surface area (Å²) < 4.78 is 0. The molecule has 1 saturated carbocycles. The largest absolute Gasteiger partial charge is 0.381 e. The van der Waals surface area contributed by atoms with Crippen LogP contribution in [0, 0.1) is 5.92 Å². The molecule has 3 nitrogen and oxygen atoms in total. The van der Waals surface area contributed by atoms with E-state index >= 15 is 0 Å². The van der Waals surface area contributed by atoms with Crippen molar-refractivity contribution in [2.24, 2.45) is 5.92 Å². The lowest BCUT2D eigenvalue weighted by Gasteiger charge is -2.32. The minimum Gasteiger partial charge on any atom is -0.381 e. The third kappa shape index (κ3) is 2.09. The molecule has 2 N–H and O–H groups in total. The van der Waals surface area contributed by atoms with Gasteiger partial charge in [0, 0.05) is 29.5 Å². The van der Waals surface area contributed by atoms with Gasteiger partial charge in [-0.1, -0.05) is 26.2 Å². The second-order valence-electron chi connectivity index (χ2n) is 5.30. The van der Waals surface area contributed by atoms with Crippen LogP contribution in [0.25, 0.3) is 11.0 Å². The highest BCUT2D eigenvalue weighted by Gasteiger charge is 2.23. The Morgan fingerprint density at radius 3 is 3.11 bits per heavy atom. The van der Waals surface area contributed by atoms with Crippen molar-refractivity contribution in [3.05, 3.63) is 24.5 Å². The molecule has 0 bridgehead atoms. The van der Waals surface area contributed by atoms with Crippen molar-refractivity contribution in [3.8, 4) is 0 Å². The highest BCUT2D eigenvalue weighted by atomic mass is 14.9. The van der Waals surface area contributed by atoms with Crippen LogP contribution < -0.4 is 5.32 Å². The van der Waals surface area contributed by atoms with Crippen LogP contribution in [0.4, 0.5) is 5.69 Å². The number of pyridine rings is 1. The summed E-state index contributed by atoms with van der Waals surface area (Å²) in [5, 5.41) is 4.96. The molecule has 2 atom stereocenters. The predicted molar refractivity (Wildman–Crippen MR) is 75.8 cm³/mol. The van der Waals surface area contributed by atoms with E-state index in [2.05, 4.69) is 34.3 Å². The summed E-state index contributed by atoms with van der Waals surface area (Å²) in [7, 11) is 0. The van der Waals surface area contributed by atoms with Crippen molar-refractivity contribution >= 4 is 16.7 Å². The maximum atomic E-state index is 4.34. The second kappa shape index (κ2) is 5.01. The molecule has 0 amide bonds. The number of hydrogen-bond acceptors (Lipinski definition) is 2. The number of fused-ring (bicyclic) bond motifs is 1. The molecule has 0 radical (unpaired) electrons. The first-order valence-corrected chi connectivity index (χ1v) is 7.07. The van der Waals surface area contributed by atoms with Gasteiger partial charge in [0.05, 0.1) is 0 Å². The lowest BCUT2D eigenvalue weighted by Crippen LogP contribution is -2.31. The number of nitrogens with zero attached hydrogens (tertiary/aromatic N) is 1. The lowest BCUT2D eigenvalue weighted by atomic mass is 9.83. The summed E-state index contributed by atoms with van der Waals surface area (Å²) in [6, 6.07) is 4.83. The molecule has 0 unspecified atom stereocenters. The Labute approximate surface area is 108 Å². The maximum absolute atomic E-state index is 4.34. The van der Waals surface area contributed by atoms with Gasteiger partial charge in [-0.3, -0.25) is 0 Å². The van der Waals surface area contributed by atoms with Crippen LogP contribution in [0.2, 0.25) is 0 Å². The molecular formula is C15H21N3. The predicted octanol–water partition coefficient (Wildman–Crippen LogP) is 3.94. The van der Waals surface area contributed by atoms with Gasteiger partial charge in [0.25, 0.3) is 0 Å². The molecule has 0 aromatic carbocycles. The minimum absolute atomic E-state index is 0.629. The Hall–Kier alpha value is -1.51. The summed E-state index contributed by atoms with van der Waals surface area (Å²) >= 11 is 0. The Bertz CT molecular complexity index is 517.